The molecule has 2 fully saturated rings. The van der Waals surface area contributed by atoms with Crippen LogP contribution in [0.3, 0.4) is 0 Å². The molecular weight excluding hydrogens is 344 g/mol. The molecule has 0 heterocycles. The topological polar surface area (TPSA) is 95.5 Å². The molecule has 1 aromatic rings. The van der Waals surface area contributed by atoms with Crippen molar-refractivity contribution in [3.05, 3.63) is 28.8 Å². The molecule has 0 saturated heterocycles. The monoisotopic (exact) mass is 364 g/mol. The molecule has 3 rings (SSSR count). The van der Waals surface area contributed by atoms with Crippen LogP contribution in [-0.4, -0.2) is 28.9 Å². The minimum absolute atomic E-state index is 0.165. The number of carboxylic acids is 1. The third kappa shape index (κ3) is 4.31. The van der Waals surface area contributed by atoms with Crippen molar-refractivity contribution >= 4 is 35.1 Å². The standard InChI is InChI=1S/C18H21ClN2O4/c19-15-7-6-11(21-16(22)12-9-13(12)18(24)25)8-14(15)17(23)20-10-4-2-1-3-5-10/h6-8,10,12-13H,1-5,9H2,(H,20,23)(H,21,22)(H,24,25). The lowest BCUT2D eigenvalue weighted by Crippen LogP contribution is -2.36. The van der Waals surface area contributed by atoms with Crippen molar-refractivity contribution in [1.82, 2.24) is 5.32 Å². The fraction of sp³-hybridized carbons (Fsp3) is 0.500. The summed E-state index contributed by atoms with van der Waals surface area (Å²) in [6.45, 7) is 0. The van der Waals surface area contributed by atoms with Gasteiger partial charge in [0.2, 0.25) is 5.91 Å². The molecule has 0 aromatic heterocycles. The Balaban J connectivity index is 1.64. The van der Waals surface area contributed by atoms with Crippen LogP contribution in [0.1, 0.15) is 48.9 Å². The zero-order chi connectivity index (χ0) is 18.0. The van der Waals surface area contributed by atoms with E-state index in [2.05, 4.69) is 10.6 Å². The Morgan fingerprint density at radius 1 is 1.08 bits per heavy atom. The van der Waals surface area contributed by atoms with E-state index in [9.17, 15) is 14.4 Å². The summed E-state index contributed by atoms with van der Waals surface area (Å²) < 4.78 is 0. The van der Waals surface area contributed by atoms with Gasteiger partial charge in [-0.3, -0.25) is 14.4 Å². The lowest BCUT2D eigenvalue weighted by molar-refractivity contribution is -0.139. The maximum Gasteiger partial charge on any atom is 0.307 e. The number of amides is 2. The zero-order valence-corrected chi connectivity index (χ0v) is 14.5. The summed E-state index contributed by atoms with van der Waals surface area (Å²) in [5.41, 5.74) is 0.759. The number of anilines is 1. The normalized spacial score (nSPS) is 22.9. The molecule has 6 nitrogen and oxygen atoms in total. The first-order valence-corrected chi connectivity index (χ1v) is 8.97. The highest BCUT2D eigenvalue weighted by Gasteiger charge is 2.48. The first-order valence-electron chi connectivity index (χ1n) is 8.60. The molecule has 0 bridgehead atoms. The van der Waals surface area contributed by atoms with Crippen molar-refractivity contribution in [2.24, 2.45) is 11.8 Å². The number of aliphatic carboxylic acids is 1. The van der Waals surface area contributed by atoms with Crippen LogP contribution in [0.5, 0.6) is 0 Å². The quantitative estimate of drug-likeness (QED) is 0.748. The van der Waals surface area contributed by atoms with E-state index in [1.54, 1.807) is 12.1 Å². The van der Waals surface area contributed by atoms with E-state index in [1.807, 2.05) is 0 Å². The summed E-state index contributed by atoms with van der Waals surface area (Å²) in [6, 6.07) is 4.87. The number of hydrogen-bond donors (Lipinski definition) is 3. The first kappa shape index (κ1) is 17.7. The molecule has 2 atom stereocenters. The fourth-order valence-electron chi connectivity index (χ4n) is 3.28. The lowest BCUT2D eigenvalue weighted by atomic mass is 9.95. The highest BCUT2D eigenvalue weighted by Crippen LogP contribution is 2.39. The Morgan fingerprint density at radius 2 is 1.80 bits per heavy atom. The molecule has 1 aromatic carbocycles. The highest BCUT2D eigenvalue weighted by atomic mass is 35.5. The van der Waals surface area contributed by atoms with Crippen LogP contribution in [0.25, 0.3) is 0 Å². The largest absolute Gasteiger partial charge is 0.481 e. The van der Waals surface area contributed by atoms with Gasteiger partial charge in [0.1, 0.15) is 0 Å². The Kier molecular flexibility index (Phi) is 5.27. The van der Waals surface area contributed by atoms with Crippen LogP contribution in [0, 0.1) is 11.8 Å². The van der Waals surface area contributed by atoms with Crippen LogP contribution in [0.2, 0.25) is 5.02 Å². The van der Waals surface area contributed by atoms with Gasteiger partial charge in [0.05, 0.1) is 22.4 Å². The Labute approximate surface area is 150 Å². The molecule has 7 heteroatoms. The van der Waals surface area contributed by atoms with E-state index in [1.165, 1.54) is 12.5 Å². The van der Waals surface area contributed by atoms with E-state index in [0.717, 1.165) is 25.7 Å². The molecule has 2 amide bonds. The second-order valence-corrected chi connectivity index (χ2v) is 7.19. The Morgan fingerprint density at radius 3 is 2.44 bits per heavy atom. The molecule has 2 saturated carbocycles. The van der Waals surface area contributed by atoms with Gasteiger partial charge in [-0.05, 0) is 37.5 Å². The Hall–Kier alpha value is -2.08. The summed E-state index contributed by atoms with van der Waals surface area (Å²) >= 11 is 6.13. The van der Waals surface area contributed by atoms with E-state index in [4.69, 9.17) is 16.7 Å². The van der Waals surface area contributed by atoms with Crippen LogP contribution in [0.15, 0.2) is 18.2 Å². The third-order valence-corrected chi connectivity index (χ3v) is 5.19. The smallest absolute Gasteiger partial charge is 0.307 e. The van der Waals surface area contributed by atoms with Crippen molar-refractivity contribution in [2.45, 2.75) is 44.6 Å². The van der Waals surface area contributed by atoms with Crippen LogP contribution < -0.4 is 10.6 Å². The summed E-state index contributed by atoms with van der Waals surface area (Å²) in [7, 11) is 0. The van der Waals surface area contributed by atoms with Gasteiger partial charge in [-0.15, -0.1) is 0 Å². The van der Waals surface area contributed by atoms with Crippen molar-refractivity contribution in [3.8, 4) is 0 Å². The average molecular weight is 365 g/mol. The number of carbonyl (C=O) groups excluding carboxylic acids is 2. The summed E-state index contributed by atoms with van der Waals surface area (Å²) in [6.07, 6.45) is 5.72. The number of hydrogen-bond acceptors (Lipinski definition) is 3. The minimum Gasteiger partial charge on any atom is -0.481 e. The second kappa shape index (κ2) is 7.44. The molecule has 25 heavy (non-hydrogen) atoms. The van der Waals surface area contributed by atoms with Gasteiger partial charge in [0.15, 0.2) is 0 Å². The molecule has 2 aliphatic rings. The van der Waals surface area contributed by atoms with E-state index in [0.29, 0.717) is 22.7 Å². The van der Waals surface area contributed by atoms with Crippen molar-refractivity contribution < 1.29 is 19.5 Å². The lowest BCUT2D eigenvalue weighted by Gasteiger charge is -2.23. The van der Waals surface area contributed by atoms with Crippen LogP contribution in [0.4, 0.5) is 5.69 Å². The van der Waals surface area contributed by atoms with Crippen molar-refractivity contribution in [2.75, 3.05) is 5.32 Å². The van der Waals surface area contributed by atoms with Gasteiger partial charge in [0.25, 0.3) is 5.91 Å². The van der Waals surface area contributed by atoms with Crippen LogP contribution in [-0.2, 0) is 9.59 Å². The molecule has 0 spiro atoms. The predicted octanol–water partition coefficient (Wildman–Crippen LogP) is 3.06. The predicted molar refractivity (Wildman–Crippen MR) is 93.7 cm³/mol. The second-order valence-electron chi connectivity index (χ2n) is 6.78. The summed E-state index contributed by atoms with van der Waals surface area (Å²) in [5, 5.41) is 14.9. The minimum atomic E-state index is -0.955. The van der Waals surface area contributed by atoms with Gasteiger partial charge in [0, 0.05) is 11.7 Å². The van der Waals surface area contributed by atoms with E-state index in [-0.39, 0.29) is 17.9 Å². The van der Waals surface area contributed by atoms with Crippen LogP contribution >= 0.6 is 11.6 Å². The summed E-state index contributed by atoms with van der Waals surface area (Å²) in [4.78, 5) is 35.4. The maximum atomic E-state index is 12.5. The number of rotatable bonds is 5. The average Bonchev–Trinajstić information content (AvgIpc) is 3.38. The van der Waals surface area contributed by atoms with Gasteiger partial charge in [-0.2, -0.15) is 0 Å². The van der Waals surface area contributed by atoms with E-state index < -0.39 is 17.8 Å². The molecule has 2 aliphatic carbocycles. The molecule has 2 unspecified atom stereocenters. The fourth-order valence-corrected chi connectivity index (χ4v) is 3.48. The maximum absolute atomic E-state index is 12.5. The number of nitrogens with one attached hydrogen (secondary N) is 2. The van der Waals surface area contributed by atoms with Crippen molar-refractivity contribution in [3.63, 3.8) is 0 Å². The zero-order valence-electron chi connectivity index (χ0n) is 13.8. The molecule has 134 valence electrons. The molecule has 0 aliphatic heterocycles. The highest BCUT2D eigenvalue weighted by molar-refractivity contribution is 6.34. The number of halogens is 1. The molecular formula is C18H21ClN2O4. The summed E-state index contributed by atoms with van der Waals surface area (Å²) in [5.74, 6) is -2.66. The third-order valence-electron chi connectivity index (χ3n) is 4.86. The molecule has 3 N–H and O–H groups in total. The Bertz CT molecular complexity index is 700. The van der Waals surface area contributed by atoms with Gasteiger partial charge in [-0.1, -0.05) is 30.9 Å². The van der Waals surface area contributed by atoms with Gasteiger partial charge >= 0.3 is 5.97 Å². The number of carboxylic acid groups (broad SMARTS) is 1. The molecule has 0 radical (unpaired) electrons. The van der Waals surface area contributed by atoms with Gasteiger partial charge < -0.3 is 15.7 Å². The number of carbonyl (C=O) groups is 3. The van der Waals surface area contributed by atoms with E-state index >= 15 is 0 Å². The number of benzene rings is 1. The van der Waals surface area contributed by atoms with Crippen molar-refractivity contribution in [1.29, 1.82) is 0 Å². The first-order chi connectivity index (χ1) is 12.0. The van der Waals surface area contributed by atoms with Gasteiger partial charge in [-0.25, -0.2) is 0 Å². The SMILES string of the molecule is O=C(NC1CCCCC1)c1cc(NC(=O)C2CC2C(=O)O)ccc1Cl.